The molecule has 1 aliphatic carbocycles. The molecule has 31 heavy (non-hydrogen) atoms. The van der Waals surface area contributed by atoms with Crippen LogP contribution in [-0.2, 0) is 11.3 Å². The van der Waals surface area contributed by atoms with E-state index in [2.05, 4.69) is 27.6 Å². The van der Waals surface area contributed by atoms with Crippen molar-refractivity contribution in [2.45, 2.75) is 51.0 Å². The highest BCUT2D eigenvalue weighted by atomic mass is 127. The topological polar surface area (TPSA) is 44.1 Å². The summed E-state index contributed by atoms with van der Waals surface area (Å²) in [5.74, 6) is -0.167. The van der Waals surface area contributed by atoms with E-state index in [1.165, 1.54) is 12.8 Å². The van der Waals surface area contributed by atoms with Crippen molar-refractivity contribution in [2.75, 3.05) is 0 Å². The highest BCUT2D eigenvalue weighted by Crippen LogP contribution is 2.35. The van der Waals surface area contributed by atoms with Crippen LogP contribution < -0.4 is 0 Å². The van der Waals surface area contributed by atoms with Crippen molar-refractivity contribution in [1.82, 2.24) is 9.55 Å². The molecular formula is C24H23ClFIN2O2. The van der Waals surface area contributed by atoms with Gasteiger partial charge in [0.1, 0.15) is 12.4 Å². The Morgan fingerprint density at radius 3 is 2.55 bits per heavy atom. The van der Waals surface area contributed by atoms with Gasteiger partial charge in [-0.05, 0) is 53.1 Å². The Kier molecular flexibility index (Phi) is 7.27. The first-order valence-corrected chi connectivity index (χ1v) is 11.9. The molecule has 4 nitrogen and oxygen atoms in total. The number of ether oxygens (including phenoxy) is 1. The zero-order valence-corrected chi connectivity index (χ0v) is 19.9. The second-order valence-corrected chi connectivity index (χ2v) is 9.37. The number of carbonyl (C=O) groups is 1. The third-order valence-electron chi connectivity index (χ3n) is 5.64. The SMILES string of the molecule is O=C(OCc1ccccc1)c1cn(-c2c(I)ccc(Cl)c2F)c(C2CCCCCC2)n1. The summed E-state index contributed by atoms with van der Waals surface area (Å²) in [4.78, 5) is 17.4. The molecule has 0 spiro atoms. The minimum absolute atomic E-state index is 0.0455. The second kappa shape index (κ2) is 10.1. The molecule has 0 amide bonds. The van der Waals surface area contributed by atoms with Crippen LogP contribution in [0.4, 0.5) is 4.39 Å². The molecule has 0 N–H and O–H groups in total. The Bertz CT molecular complexity index is 1060. The molecule has 2 aromatic carbocycles. The molecule has 1 aromatic heterocycles. The molecule has 0 radical (unpaired) electrons. The van der Waals surface area contributed by atoms with Gasteiger partial charge in [-0.3, -0.25) is 4.57 Å². The van der Waals surface area contributed by atoms with Crippen molar-refractivity contribution in [2.24, 2.45) is 0 Å². The lowest BCUT2D eigenvalue weighted by atomic mass is 9.99. The minimum atomic E-state index is -0.519. The quantitative estimate of drug-likeness (QED) is 0.147. The van der Waals surface area contributed by atoms with E-state index in [1.807, 2.05) is 30.3 Å². The fraction of sp³-hybridized carbons (Fsp3) is 0.333. The zero-order valence-electron chi connectivity index (χ0n) is 17.0. The number of rotatable bonds is 5. The molecule has 0 saturated heterocycles. The maximum Gasteiger partial charge on any atom is 0.358 e. The molecule has 0 aliphatic heterocycles. The van der Waals surface area contributed by atoms with Crippen LogP contribution in [0.15, 0.2) is 48.7 Å². The number of nitrogens with zero attached hydrogens (tertiary/aromatic N) is 2. The number of hydrogen-bond donors (Lipinski definition) is 0. The minimum Gasteiger partial charge on any atom is -0.456 e. The van der Waals surface area contributed by atoms with Gasteiger partial charge in [0.15, 0.2) is 11.5 Å². The van der Waals surface area contributed by atoms with Gasteiger partial charge in [0, 0.05) is 15.7 Å². The monoisotopic (exact) mass is 552 g/mol. The predicted molar refractivity (Wildman–Crippen MR) is 127 cm³/mol. The van der Waals surface area contributed by atoms with E-state index in [0.29, 0.717) is 15.1 Å². The molecule has 1 aliphatic rings. The first kappa shape index (κ1) is 22.3. The number of halogens is 3. The van der Waals surface area contributed by atoms with Gasteiger partial charge in [-0.25, -0.2) is 14.2 Å². The van der Waals surface area contributed by atoms with Crippen molar-refractivity contribution < 1.29 is 13.9 Å². The van der Waals surface area contributed by atoms with Crippen LogP contribution in [0, 0.1) is 9.39 Å². The highest BCUT2D eigenvalue weighted by molar-refractivity contribution is 14.1. The molecule has 1 heterocycles. The summed E-state index contributed by atoms with van der Waals surface area (Å²) in [5.41, 5.74) is 1.42. The molecule has 0 bridgehead atoms. The third-order valence-corrected chi connectivity index (χ3v) is 6.80. The van der Waals surface area contributed by atoms with Gasteiger partial charge in [0.25, 0.3) is 0 Å². The average Bonchev–Trinajstić information content (AvgIpc) is 3.03. The third kappa shape index (κ3) is 5.12. The Morgan fingerprint density at radius 2 is 1.84 bits per heavy atom. The lowest BCUT2D eigenvalue weighted by molar-refractivity contribution is 0.0466. The van der Waals surface area contributed by atoms with E-state index in [9.17, 15) is 4.79 Å². The summed E-state index contributed by atoms with van der Waals surface area (Å²) < 4.78 is 22.9. The van der Waals surface area contributed by atoms with E-state index < -0.39 is 11.8 Å². The summed E-state index contributed by atoms with van der Waals surface area (Å²) in [5, 5.41) is 0.0455. The summed E-state index contributed by atoms with van der Waals surface area (Å²) >= 11 is 8.17. The van der Waals surface area contributed by atoms with Crippen molar-refractivity contribution in [1.29, 1.82) is 0 Å². The maximum absolute atomic E-state index is 15.1. The molecule has 0 unspecified atom stereocenters. The maximum atomic E-state index is 15.1. The summed E-state index contributed by atoms with van der Waals surface area (Å²) in [6, 6.07) is 12.8. The molecule has 1 fully saturated rings. The fourth-order valence-corrected chi connectivity index (χ4v) is 4.86. The largest absolute Gasteiger partial charge is 0.456 e. The number of carbonyl (C=O) groups excluding carboxylic acids is 1. The summed E-state index contributed by atoms with van der Waals surface area (Å²) in [6.07, 6.45) is 8.09. The number of aromatic nitrogens is 2. The van der Waals surface area contributed by atoms with Crippen molar-refractivity contribution >= 4 is 40.2 Å². The van der Waals surface area contributed by atoms with Gasteiger partial charge in [0.2, 0.25) is 0 Å². The van der Waals surface area contributed by atoms with Crippen LogP contribution in [0.5, 0.6) is 0 Å². The van der Waals surface area contributed by atoms with Crippen LogP contribution >= 0.6 is 34.2 Å². The Hall–Kier alpha value is -1.93. The Balaban J connectivity index is 1.70. The second-order valence-electron chi connectivity index (χ2n) is 7.80. The smallest absolute Gasteiger partial charge is 0.358 e. The normalized spacial score (nSPS) is 14.9. The zero-order chi connectivity index (χ0) is 21.8. The standard InChI is InChI=1S/C24H23ClFIN2O2/c25-18-12-13-19(27)22(21(18)26)29-14-20(24(30)31-15-16-8-4-3-5-9-16)28-23(29)17-10-6-1-2-7-11-17/h3-5,8-9,12-14,17H,1-2,6-7,10-11,15H2. The van der Waals surface area contributed by atoms with Crippen molar-refractivity contribution in [3.05, 3.63) is 80.2 Å². The van der Waals surface area contributed by atoms with Crippen molar-refractivity contribution in [3.8, 4) is 5.69 Å². The number of esters is 1. The number of hydrogen-bond acceptors (Lipinski definition) is 3. The van der Waals surface area contributed by atoms with Gasteiger partial charge >= 0.3 is 5.97 Å². The molecule has 4 rings (SSSR count). The fourth-order valence-electron chi connectivity index (χ4n) is 4.03. The van der Waals surface area contributed by atoms with Crippen LogP contribution in [-0.4, -0.2) is 15.5 Å². The summed E-state index contributed by atoms with van der Waals surface area (Å²) in [6.45, 7) is 0.161. The van der Waals surface area contributed by atoms with Crippen LogP contribution in [0.3, 0.4) is 0 Å². The van der Waals surface area contributed by atoms with Gasteiger partial charge in [-0.15, -0.1) is 0 Å². The first-order valence-electron chi connectivity index (χ1n) is 10.5. The molecule has 1 saturated carbocycles. The van der Waals surface area contributed by atoms with E-state index in [1.54, 1.807) is 22.9 Å². The van der Waals surface area contributed by atoms with E-state index in [-0.39, 0.29) is 23.2 Å². The van der Waals surface area contributed by atoms with Crippen LogP contribution in [0.1, 0.15) is 66.3 Å². The molecule has 3 aromatic rings. The van der Waals surface area contributed by atoms with Gasteiger partial charge < -0.3 is 4.74 Å². The lowest BCUT2D eigenvalue weighted by Crippen LogP contribution is -2.10. The molecular weight excluding hydrogens is 530 g/mol. The molecule has 0 atom stereocenters. The predicted octanol–water partition coefficient (Wildman–Crippen LogP) is 7.06. The van der Waals surface area contributed by atoms with Gasteiger partial charge in [-0.1, -0.05) is 67.6 Å². The number of benzene rings is 2. The average molecular weight is 553 g/mol. The van der Waals surface area contributed by atoms with E-state index in [0.717, 1.165) is 31.2 Å². The Morgan fingerprint density at radius 1 is 1.13 bits per heavy atom. The highest BCUT2D eigenvalue weighted by Gasteiger charge is 2.26. The Labute approximate surface area is 199 Å². The van der Waals surface area contributed by atoms with Crippen LogP contribution in [0.2, 0.25) is 5.02 Å². The van der Waals surface area contributed by atoms with Gasteiger partial charge in [-0.2, -0.15) is 0 Å². The number of imidazole rings is 1. The lowest BCUT2D eigenvalue weighted by Gasteiger charge is -2.17. The van der Waals surface area contributed by atoms with Crippen LogP contribution in [0.25, 0.3) is 5.69 Å². The molecule has 7 heteroatoms. The van der Waals surface area contributed by atoms with E-state index >= 15 is 4.39 Å². The van der Waals surface area contributed by atoms with Crippen molar-refractivity contribution in [3.63, 3.8) is 0 Å². The summed E-state index contributed by atoms with van der Waals surface area (Å²) in [7, 11) is 0. The molecule has 162 valence electrons. The van der Waals surface area contributed by atoms with Gasteiger partial charge in [0.05, 0.1) is 10.7 Å². The van der Waals surface area contributed by atoms with E-state index in [4.69, 9.17) is 16.3 Å². The first-order chi connectivity index (χ1) is 15.0.